The van der Waals surface area contributed by atoms with Crippen molar-refractivity contribution < 1.29 is 23.1 Å². The van der Waals surface area contributed by atoms with E-state index in [1.165, 1.54) is 0 Å². The number of carbonyl (C=O) groups excluding carboxylic acids is 1. The van der Waals surface area contributed by atoms with Crippen LogP contribution >= 0.6 is 0 Å². The molecule has 174 valence electrons. The number of nitrogens with zero attached hydrogens (tertiary/aromatic N) is 1. The van der Waals surface area contributed by atoms with Crippen molar-refractivity contribution in [2.45, 2.75) is 33.4 Å². The number of rotatable bonds is 6. The number of amides is 1. The van der Waals surface area contributed by atoms with Crippen LogP contribution in [-0.4, -0.2) is 24.5 Å². The standard InChI is InChI=1S/C27H25NO6/c1-5-32-19-9-8-17(13-20(19)31-4)24-23-25(29)22-16(3)11-15(2)12-21(22)34-26(23)27(30)28(24)14-18-7-6-10-33-18/h6-13,24H,5,14H2,1-4H3. The first-order valence-corrected chi connectivity index (χ1v) is 11.1. The summed E-state index contributed by atoms with van der Waals surface area (Å²) in [4.78, 5) is 29.0. The minimum absolute atomic E-state index is 0.0620. The SMILES string of the molecule is CCOc1ccc(C2c3c(oc4cc(C)cc(C)c4c3=O)C(=O)N2Cc2ccco2)cc1OC. The molecule has 7 nitrogen and oxygen atoms in total. The van der Waals surface area contributed by atoms with Crippen LogP contribution in [0.5, 0.6) is 11.5 Å². The first-order chi connectivity index (χ1) is 16.4. The maximum atomic E-state index is 13.8. The van der Waals surface area contributed by atoms with Gasteiger partial charge in [0.25, 0.3) is 5.91 Å². The fourth-order valence-electron chi connectivity index (χ4n) is 4.72. The number of aryl methyl sites for hydroxylation is 2. The highest BCUT2D eigenvalue weighted by Crippen LogP contribution is 2.42. The normalized spacial score (nSPS) is 15.1. The van der Waals surface area contributed by atoms with Crippen LogP contribution in [0.25, 0.3) is 11.0 Å². The molecule has 1 amide bonds. The highest BCUT2D eigenvalue weighted by Gasteiger charge is 2.43. The summed E-state index contributed by atoms with van der Waals surface area (Å²) < 4.78 is 22.8. The van der Waals surface area contributed by atoms with Crippen LogP contribution in [0.1, 0.15) is 51.5 Å². The zero-order valence-electron chi connectivity index (χ0n) is 19.5. The highest BCUT2D eigenvalue weighted by atomic mass is 16.5. The molecule has 0 saturated heterocycles. The van der Waals surface area contributed by atoms with Crippen LogP contribution in [0.15, 0.2) is 62.4 Å². The summed E-state index contributed by atoms with van der Waals surface area (Å²) in [5.41, 5.74) is 3.02. The monoisotopic (exact) mass is 459 g/mol. The van der Waals surface area contributed by atoms with Gasteiger partial charge in [-0.2, -0.15) is 0 Å². The van der Waals surface area contributed by atoms with Gasteiger partial charge in [-0.05, 0) is 67.8 Å². The first kappa shape index (κ1) is 21.8. The molecule has 0 aliphatic carbocycles. The number of fused-ring (bicyclic) bond motifs is 2. The summed E-state index contributed by atoms with van der Waals surface area (Å²) in [7, 11) is 1.56. The molecule has 1 unspecified atom stereocenters. The van der Waals surface area contributed by atoms with Gasteiger partial charge in [-0.1, -0.05) is 12.1 Å². The number of hydrogen-bond acceptors (Lipinski definition) is 6. The minimum Gasteiger partial charge on any atom is -0.493 e. The Kier molecular flexibility index (Phi) is 5.40. The van der Waals surface area contributed by atoms with Gasteiger partial charge in [0, 0.05) is 0 Å². The number of methoxy groups -OCH3 is 1. The Hall–Kier alpha value is -4.00. The van der Waals surface area contributed by atoms with Gasteiger partial charge in [0.1, 0.15) is 11.3 Å². The predicted octanol–water partition coefficient (Wildman–Crippen LogP) is 5.16. The van der Waals surface area contributed by atoms with E-state index in [0.29, 0.717) is 40.4 Å². The molecule has 0 saturated carbocycles. The second-order valence-electron chi connectivity index (χ2n) is 8.39. The molecule has 5 rings (SSSR count). The largest absolute Gasteiger partial charge is 0.493 e. The third-order valence-electron chi connectivity index (χ3n) is 6.12. The van der Waals surface area contributed by atoms with Crippen LogP contribution < -0.4 is 14.9 Å². The van der Waals surface area contributed by atoms with E-state index in [1.807, 2.05) is 32.9 Å². The molecule has 2 aromatic carbocycles. The fraction of sp³-hybridized carbons (Fsp3) is 0.259. The molecule has 1 aliphatic heterocycles. The van der Waals surface area contributed by atoms with Gasteiger partial charge >= 0.3 is 0 Å². The lowest BCUT2D eigenvalue weighted by Gasteiger charge is -2.25. The second kappa shape index (κ2) is 8.41. The Morgan fingerprint density at radius 1 is 1.06 bits per heavy atom. The van der Waals surface area contributed by atoms with E-state index >= 15 is 0 Å². The van der Waals surface area contributed by atoms with Crippen LogP contribution in [0.4, 0.5) is 0 Å². The molecular formula is C27H25NO6. The summed E-state index contributed by atoms with van der Waals surface area (Å²) in [5, 5.41) is 0.486. The summed E-state index contributed by atoms with van der Waals surface area (Å²) in [6.45, 7) is 6.37. The number of hydrogen-bond donors (Lipinski definition) is 0. The van der Waals surface area contributed by atoms with Gasteiger partial charge in [-0.3, -0.25) is 9.59 Å². The average Bonchev–Trinajstić information content (AvgIpc) is 3.41. The van der Waals surface area contributed by atoms with Crippen molar-refractivity contribution >= 4 is 16.9 Å². The molecule has 4 aromatic rings. The molecular weight excluding hydrogens is 434 g/mol. The van der Waals surface area contributed by atoms with Crippen LogP contribution in [0, 0.1) is 13.8 Å². The number of carbonyl (C=O) groups is 1. The van der Waals surface area contributed by atoms with Gasteiger partial charge in [0.05, 0.1) is 43.5 Å². The lowest BCUT2D eigenvalue weighted by molar-refractivity contribution is 0.0701. The predicted molar refractivity (Wildman–Crippen MR) is 127 cm³/mol. The molecule has 0 fully saturated rings. The van der Waals surface area contributed by atoms with Crippen LogP contribution in [0.3, 0.4) is 0 Å². The topological polar surface area (TPSA) is 82.1 Å². The summed E-state index contributed by atoms with van der Waals surface area (Å²) >= 11 is 0. The second-order valence-corrected chi connectivity index (χ2v) is 8.39. The maximum absolute atomic E-state index is 13.8. The summed E-state index contributed by atoms with van der Waals surface area (Å²) in [5.74, 6) is 1.42. The van der Waals surface area contributed by atoms with E-state index in [-0.39, 0.29) is 23.6 Å². The number of ether oxygens (including phenoxy) is 2. The van der Waals surface area contributed by atoms with Crippen LogP contribution in [0.2, 0.25) is 0 Å². The Morgan fingerprint density at radius 2 is 1.88 bits per heavy atom. The number of furan rings is 1. The average molecular weight is 459 g/mol. The van der Waals surface area contributed by atoms with Crippen molar-refractivity contribution in [2.75, 3.05) is 13.7 Å². The Labute approximate surface area is 196 Å². The van der Waals surface area contributed by atoms with Crippen molar-refractivity contribution in [3.05, 3.63) is 92.7 Å². The van der Waals surface area contributed by atoms with Crippen molar-refractivity contribution in [1.29, 1.82) is 0 Å². The van der Waals surface area contributed by atoms with Gasteiger partial charge in [-0.25, -0.2) is 0 Å². The van der Waals surface area contributed by atoms with Crippen molar-refractivity contribution in [3.63, 3.8) is 0 Å². The van der Waals surface area contributed by atoms with Crippen molar-refractivity contribution in [1.82, 2.24) is 4.90 Å². The molecule has 7 heteroatoms. The van der Waals surface area contributed by atoms with Crippen molar-refractivity contribution in [2.24, 2.45) is 0 Å². The lowest BCUT2D eigenvalue weighted by Crippen LogP contribution is -2.29. The molecule has 0 spiro atoms. The smallest absolute Gasteiger partial charge is 0.291 e. The number of benzene rings is 2. The van der Waals surface area contributed by atoms with E-state index in [2.05, 4.69) is 0 Å². The molecule has 0 bridgehead atoms. The maximum Gasteiger partial charge on any atom is 0.291 e. The van der Waals surface area contributed by atoms with Crippen LogP contribution in [-0.2, 0) is 6.54 Å². The molecule has 0 N–H and O–H groups in total. The third-order valence-corrected chi connectivity index (χ3v) is 6.12. The van der Waals surface area contributed by atoms with Gasteiger partial charge in [0.15, 0.2) is 16.9 Å². The highest BCUT2D eigenvalue weighted by molar-refractivity contribution is 5.99. The first-order valence-electron chi connectivity index (χ1n) is 11.1. The molecule has 34 heavy (non-hydrogen) atoms. The van der Waals surface area contributed by atoms with E-state index in [9.17, 15) is 9.59 Å². The van der Waals surface area contributed by atoms with E-state index in [0.717, 1.165) is 16.7 Å². The molecule has 3 heterocycles. The van der Waals surface area contributed by atoms with Gasteiger partial charge in [0.2, 0.25) is 5.76 Å². The quantitative estimate of drug-likeness (QED) is 0.396. The summed E-state index contributed by atoms with van der Waals surface area (Å²) in [6, 6.07) is 12.1. The Morgan fingerprint density at radius 3 is 2.59 bits per heavy atom. The molecule has 1 aliphatic rings. The van der Waals surface area contributed by atoms with E-state index in [1.54, 1.807) is 48.6 Å². The van der Waals surface area contributed by atoms with Gasteiger partial charge < -0.3 is 23.2 Å². The minimum atomic E-state index is -0.668. The molecule has 2 aromatic heterocycles. The van der Waals surface area contributed by atoms with Crippen molar-refractivity contribution in [3.8, 4) is 11.5 Å². The zero-order chi connectivity index (χ0) is 24.0. The lowest BCUT2D eigenvalue weighted by atomic mass is 9.96. The van der Waals surface area contributed by atoms with E-state index in [4.69, 9.17) is 18.3 Å². The molecule has 1 atom stereocenters. The van der Waals surface area contributed by atoms with Gasteiger partial charge in [-0.15, -0.1) is 0 Å². The zero-order valence-corrected chi connectivity index (χ0v) is 19.5. The van der Waals surface area contributed by atoms with E-state index < -0.39 is 6.04 Å². The third kappa shape index (κ3) is 3.44. The Balaban J connectivity index is 1.75. The Bertz CT molecular complexity index is 1450. The fourth-order valence-corrected chi connectivity index (χ4v) is 4.72. The summed E-state index contributed by atoms with van der Waals surface area (Å²) in [6.07, 6.45) is 1.56. The molecule has 0 radical (unpaired) electrons.